The Balaban J connectivity index is 2.52. The van der Waals surface area contributed by atoms with Crippen molar-refractivity contribution in [2.75, 3.05) is 5.43 Å². The molecule has 0 bridgehead atoms. The fourth-order valence-electron chi connectivity index (χ4n) is 1.54. The van der Waals surface area contributed by atoms with E-state index in [1.807, 2.05) is 0 Å². The number of nitrogens with zero attached hydrogens (tertiary/aromatic N) is 3. The van der Waals surface area contributed by atoms with Crippen LogP contribution in [-0.4, -0.2) is 27.0 Å². The number of hydrazine groups is 1. The van der Waals surface area contributed by atoms with E-state index < -0.39 is 11.8 Å². The third-order valence-electron chi connectivity index (χ3n) is 2.58. The molecular weight excluding hydrogens is 280 g/mol. The fraction of sp³-hybridized carbons (Fsp3) is 0.167. The Bertz CT molecular complexity index is 628. The lowest BCUT2D eigenvalue weighted by atomic mass is 10.1. The zero-order chi connectivity index (χ0) is 14.7. The van der Waals surface area contributed by atoms with E-state index in [4.69, 9.17) is 23.2 Å². The normalized spacial score (nSPS) is 12.0. The van der Waals surface area contributed by atoms with Gasteiger partial charge in [0.2, 0.25) is 11.6 Å². The number of halogens is 1. The van der Waals surface area contributed by atoms with Crippen molar-refractivity contribution < 1.29 is 4.79 Å². The Kier molecular flexibility index (Phi) is 4.23. The number of nitrogen functional groups attached to an aromatic ring is 1. The topological polar surface area (TPSA) is 120 Å². The summed E-state index contributed by atoms with van der Waals surface area (Å²) < 4.78 is 0. The molecule has 7 nitrogen and oxygen atoms in total. The van der Waals surface area contributed by atoms with Gasteiger partial charge >= 0.3 is 0 Å². The Morgan fingerprint density at radius 3 is 2.50 bits per heavy atom. The minimum Gasteiger partial charge on any atom is -0.321 e. The maximum absolute atomic E-state index is 11.8. The molecule has 1 heterocycles. The molecule has 5 N–H and O–H groups in total. The van der Waals surface area contributed by atoms with Crippen molar-refractivity contribution >= 4 is 23.2 Å². The lowest BCUT2D eigenvalue weighted by Gasteiger charge is -2.09. The van der Waals surface area contributed by atoms with Crippen LogP contribution < -0.4 is 17.0 Å². The van der Waals surface area contributed by atoms with E-state index in [0.29, 0.717) is 16.3 Å². The van der Waals surface area contributed by atoms with Crippen LogP contribution in [0.3, 0.4) is 0 Å². The quantitative estimate of drug-likeness (QED) is 0.437. The van der Waals surface area contributed by atoms with E-state index in [9.17, 15) is 4.79 Å². The average Bonchev–Trinajstić information content (AvgIpc) is 2.46. The largest absolute Gasteiger partial charge is 0.321 e. The van der Waals surface area contributed by atoms with Crippen LogP contribution in [0.15, 0.2) is 24.3 Å². The first kappa shape index (κ1) is 14.3. The minimum atomic E-state index is -0.702. The number of aromatic nitrogens is 3. The summed E-state index contributed by atoms with van der Waals surface area (Å²) in [6, 6.07) is 6.19. The van der Waals surface area contributed by atoms with Crippen LogP contribution in [0.1, 0.15) is 17.5 Å². The van der Waals surface area contributed by atoms with E-state index in [0.717, 1.165) is 0 Å². The first-order valence-corrected chi connectivity index (χ1v) is 6.17. The van der Waals surface area contributed by atoms with E-state index in [-0.39, 0.29) is 11.6 Å². The second-order valence-corrected chi connectivity index (χ2v) is 4.57. The van der Waals surface area contributed by atoms with Gasteiger partial charge in [-0.3, -0.25) is 4.79 Å². The predicted octanol–water partition coefficient (Wildman–Crippen LogP) is 1.01. The van der Waals surface area contributed by atoms with Gasteiger partial charge in [-0.05, 0) is 19.1 Å². The second kappa shape index (κ2) is 5.91. The number of benzene rings is 1. The lowest BCUT2D eigenvalue weighted by Crippen LogP contribution is -2.29. The van der Waals surface area contributed by atoms with Gasteiger partial charge in [0.15, 0.2) is 5.82 Å². The maximum atomic E-state index is 11.8. The molecule has 0 amide bonds. The van der Waals surface area contributed by atoms with Gasteiger partial charge in [-0.1, -0.05) is 23.7 Å². The molecule has 0 fully saturated rings. The van der Waals surface area contributed by atoms with Crippen LogP contribution >= 0.6 is 11.6 Å². The summed E-state index contributed by atoms with van der Waals surface area (Å²) in [5.41, 5.74) is 9.03. The number of ketones is 1. The van der Waals surface area contributed by atoms with Crippen LogP contribution in [0.2, 0.25) is 5.02 Å². The summed E-state index contributed by atoms with van der Waals surface area (Å²) in [5, 5.41) is 8.14. The number of nitrogens with two attached hydrogens (primary N) is 2. The van der Waals surface area contributed by atoms with Gasteiger partial charge in [0.1, 0.15) is 5.69 Å². The smallest absolute Gasteiger partial charge is 0.220 e. The van der Waals surface area contributed by atoms with Crippen molar-refractivity contribution in [1.82, 2.24) is 15.2 Å². The van der Waals surface area contributed by atoms with Crippen molar-refractivity contribution in [3.63, 3.8) is 0 Å². The molecule has 8 heteroatoms. The second-order valence-electron chi connectivity index (χ2n) is 4.14. The number of nitrogens with one attached hydrogen (secondary N) is 1. The molecular formula is C12H13ClN6O. The molecule has 1 atom stereocenters. The predicted molar refractivity (Wildman–Crippen MR) is 76.1 cm³/mol. The van der Waals surface area contributed by atoms with Crippen molar-refractivity contribution in [1.29, 1.82) is 0 Å². The number of hydrogen-bond donors (Lipinski definition) is 3. The molecule has 104 valence electrons. The Morgan fingerprint density at radius 1 is 1.30 bits per heavy atom. The van der Waals surface area contributed by atoms with Crippen LogP contribution in [-0.2, 0) is 0 Å². The van der Waals surface area contributed by atoms with Crippen LogP contribution in [0.4, 0.5) is 5.82 Å². The standard InChI is InChI=1S/C12H13ClN6O/c1-6(14)10(20)12-16-9(11(17-15)18-19-12)7-2-4-8(13)5-3-7/h2-6H,14-15H2,1H3,(H,17,18). The van der Waals surface area contributed by atoms with Gasteiger partial charge in [-0.2, -0.15) is 0 Å². The number of carbonyl (C=O) groups is 1. The van der Waals surface area contributed by atoms with Gasteiger partial charge in [-0.25, -0.2) is 10.8 Å². The zero-order valence-corrected chi connectivity index (χ0v) is 11.4. The first-order chi connectivity index (χ1) is 9.52. The summed E-state index contributed by atoms with van der Waals surface area (Å²) in [5.74, 6) is 5.19. The highest BCUT2D eigenvalue weighted by Crippen LogP contribution is 2.24. The van der Waals surface area contributed by atoms with Gasteiger partial charge in [0.25, 0.3) is 0 Å². The molecule has 2 rings (SSSR count). The van der Waals surface area contributed by atoms with Gasteiger partial charge in [0.05, 0.1) is 6.04 Å². The van der Waals surface area contributed by atoms with Crippen LogP contribution in [0.5, 0.6) is 0 Å². The Morgan fingerprint density at radius 2 is 1.95 bits per heavy atom. The highest BCUT2D eigenvalue weighted by molar-refractivity contribution is 6.30. The van der Waals surface area contributed by atoms with Crippen LogP contribution in [0, 0.1) is 0 Å². The van der Waals surface area contributed by atoms with Gasteiger partial charge in [0, 0.05) is 10.6 Å². The molecule has 0 radical (unpaired) electrons. The summed E-state index contributed by atoms with van der Waals surface area (Å²) in [6.07, 6.45) is 0. The molecule has 20 heavy (non-hydrogen) atoms. The lowest BCUT2D eigenvalue weighted by molar-refractivity contribution is 0.0956. The van der Waals surface area contributed by atoms with Crippen molar-refractivity contribution in [3.8, 4) is 11.3 Å². The number of rotatable bonds is 4. The number of carbonyl (C=O) groups excluding carboxylic acids is 1. The van der Waals surface area contributed by atoms with Crippen molar-refractivity contribution in [2.24, 2.45) is 11.6 Å². The fourth-order valence-corrected chi connectivity index (χ4v) is 1.67. The van der Waals surface area contributed by atoms with E-state index >= 15 is 0 Å². The molecule has 0 spiro atoms. The molecule has 0 aliphatic rings. The first-order valence-electron chi connectivity index (χ1n) is 5.80. The third-order valence-corrected chi connectivity index (χ3v) is 2.83. The minimum absolute atomic E-state index is 0.0519. The average molecular weight is 293 g/mol. The molecule has 0 saturated carbocycles. The molecule has 0 aliphatic heterocycles. The zero-order valence-electron chi connectivity index (χ0n) is 10.7. The number of hydrogen-bond acceptors (Lipinski definition) is 7. The summed E-state index contributed by atoms with van der Waals surface area (Å²) in [7, 11) is 0. The SMILES string of the molecule is CC(N)C(=O)c1nnc(NN)c(-c2ccc(Cl)cc2)n1. The molecule has 2 aromatic rings. The molecule has 0 aliphatic carbocycles. The van der Waals surface area contributed by atoms with E-state index in [1.165, 1.54) is 0 Å². The Labute approximate surface area is 120 Å². The van der Waals surface area contributed by atoms with E-state index in [1.54, 1.807) is 31.2 Å². The number of anilines is 1. The van der Waals surface area contributed by atoms with Gasteiger partial charge in [-0.15, -0.1) is 10.2 Å². The summed E-state index contributed by atoms with van der Waals surface area (Å²) in [4.78, 5) is 16.0. The monoisotopic (exact) mass is 292 g/mol. The van der Waals surface area contributed by atoms with E-state index in [2.05, 4.69) is 20.6 Å². The molecule has 1 aromatic heterocycles. The van der Waals surface area contributed by atoms with Gasteiger partial charge < -0.3 is 11.2 Å². The molecule has 1 unspecified atom stereocenters. The van der Waals surface area contributed by atoms with Crippen molar-refractivity contribution in [3.05, 3.63) is 35.1 Å². The summed E-state index contributed by atoms with van der Waals surface area (Å²) in [6.45, 7) is 1.56. The maximum Gasteiger partial charge on any atom is 0.220 e. The highest BCUT2D eigenvalue weighted by atomic mass is 35.5. The number of Topliss-reactive ketones (excluding diaryl/α,β-unsaturated/α-hetero) is 1. The summed E-state index contributed by atoms with van der Waals surface area (Å²) >= 11 is 5.84. The van der Waals surface area contributed by atoms with Crippen molar-refractivity contribution in [2.45, 2.75) is 13.0 Å². The van der Waals surface area contributed by atoms with Crippen LogP contribution in [0.25, 0.3) is 11.3 Å². The Hall–Kier alpha value is -2.09. The molecule has 0 saturated heterocycles. The highest BCUT2D eigenvalue weighted by Gasteiger charge is 2.18. The molecule has 1 aromatic carbocycles. The third kappa shape index (κ3) is 2.90.